The van der Waals surface area contributed by atoms with E-state index in [9.17, 15) is 18.9 Å². The predicted octanol–water partition coefficient (Wildman–Crippen LogP) is 8.14. The summed E-state index contributed by atoms with van der Waals surface area (Å²) >= 11 is 0. The zero-order valence-corrected chi connectivity index (χ0v) is 26.2. The van der Waals surface area contributed by atoms with Gasteiger partial charge in [0.2, 0.25) is 0 Å². The third kappa shape index (κ3) is 13.2. The van der Waals surface area contributed by atoms with Crippen molar-refractivity contribution in [1.82, 2.24) is 10.0 Å². The Kier molecular flexibility index (Phi) is 16.4. The third-order valence-electron chi connectivity index (χ3n) is 6.71. The van der Waals surface area contributed by atoms with Crippen LogP contribution in [-0.4, -0.2) is 27.4 Å². The van der Waals surface area contributed by atoms with Crippen LogP contribution >= 0.6 is 0 Å². The first-order valence-corrected chi connectivity index (χ1v) is 16.0. The van der Waals surface area contributed by atoms with E-state index >= 15 is 0 Å². The molecule has 0 radical (unpaired) electrons. The largest absolute Gasteiger partial charge is 0.481 e. The summed E-state index contributed by atoms with van der Waals surface area (Å²) in [5.41, 5.74) is 3.87. The molecular formula is C35H45N3O4S. The molecule has 2 amide bonds. The fraction of sp³-hybridized carbons (Fsp3) is 0.314. The number of aliphatic carboxylic acids is 1. The van der Waals surface area contributed by atoms with E-state index in [1.165, 1.54) is 5.57 Å². The summed E-state index contributed by atoms with van der Waals surface area (Å²) in [7, 11) is -1.63. The normalized spacial score (nSPS) is 16.4. The topological polar surface area (TPSA) is 108 Å². The van der Waals surface area contributed by atoms with Gasteiger partial charge in [0.25, 0.3) is 0 Å². The molecule has 43 heavy (non-hydrogen) atoms. The number of nitrogens with one attached hydrogen (secondary N) is 3. The number of carboxylic acid groups (broad SMARTS) is 1. The molecule has 230 valence electrons. The van der Waals surface area contributed by atoms with Gasteiger partial charge in [0, 0.05) is 11.7 Å². The minimum absolute atomic E-state index is 0.0417. The number of benzene rings is 2. The highest BCUT2D eigenvalue weighted by Crippen LogP contribution is 2.23. The van der Waals surface area contributed by atoms with Crippen LogP contribution in [0.5, 0.6) is 0 Å². The summed E-state index contributed by atoms with van der Waals surface area (Å²) < 4.78 is 16.1. The van der Waals surface area contributed by atoms with Gasteiger partial charge in [0.1, 0.15) is 11.0 Å². The summed E-state index contributed by atoms with van der Waals surface area (Å²) in [6.07, 6.45) is 15.7. The molecule has 8 heteroatoms. The number of hydrogen-bond donors (Lipinski definition) is 4. The lowest BCUT2D eigenvalue weighted by atomic mass is 10.00. The van der Waals surface area contributed by atoms with Crippen LogP contribution in [0.3, 0.4) is 0 Å². The van der Waals surface area contributed by atoms with Gasteiger partial charge in [-0.3, -0.25) is 4.79 Å². The minimum atomic E-state index is -1.63. The van der Waals surface area contributed by atoms with E-state index < -0.39 is 23.0 Å². The Hall–Kier alpha value is -4.01. The number of rotatable bonds is 14. The van der Waals surface area contributed by atoms with Gasteiger partial charge in [-0.2, -0.15) is 0 Å². The first kappa shape index (κ1) is 35.2. The maximum Gasteiger partial charge on any atom is 0.319 e. The molecule has 4 N–H and O–H groups in total. The Morgan fingerprint density at radius 1 is 1.09 bits per heavy atom. The average molecular weight is 604 g/mol. The predicted molar refractivity (Wildman–Crippen MR) is 179 cm³/mol. The number of hydrogen-bond acceptors (Lipinski definition) is 3. The molecule has 3 rings (SSSR count). The second kappa shape index (κ2) is 20.0. The SMILES string of the molecule is C=C/C(=C\C(=C/C)CCCC1=CC=CC(NC(=O)Nc2ccccc2)CC1)S(=O)NC(CC(=O)O)c1ccccc1.CC. The molecule has 1 aliphatic carbocycles. The zero-order chi connectivity index (χ0) is 31.5. The first-order valence-electron chi connectivity index (χ1n) is 14.8. The molecule has 1 aliphatic rings. The van der Waals surface area contributed by atoms with Crippen LogP contribution in [0.4, 0.5) is 10.5 Å². The van der Waals surface area contributed by atoms with Gasteiger partial charge in [-0.05, 0) is 62.8 Å². The molecule has 0 aliphatic heterocycles. The van der Waals surface area contributed by atoms with Crippen molar-refractivity contribution in [3.8, 4) is 0 Å². The van der Waals surface area contributed by atoms with Crippen molar-refractivity contribution in [1.29, 1.82) is 0 Å². The minimum Gasteiger partial charge on any atom is -0.481 e. The number of anilines is 1. The van der Waals surface area contributed by atoms with Crippen LogP contribution in [0.15, 0.2) is 120 Å². The number of para-hydroxylation sites is 1. The highest BCUT2D eigenvalue weighted by molar-refractivity contribution is 7.87. The van der Waals surface area contributed by atoms with Crippen LogP contribution in [0.1, 0.15) is 70.9 Å². The van der Waals surface area contributed by atoms with Crippen molar-refractivity contribution in [3.05, 3.63) is 125 Å². The molecule has 0 bridgehead atoms. The molecule has 0 spiro atoms. The lowest BCUT2D eigenvalue weighted by Crippen LogP contribution is -2.36. The van der Waals surface area contributed by atoms with Crippen LogP contribution in [0, 0.1) is 0 Å². The van der Waals surface area contributed by atoms with Crippen molar-refractivity contribution in [2.24, 2.45) is 0 Å². The standard InChI is InChI=1S/C33H39N3O4S.C2H6/c1-3-25(23-30(4-2)41(40)36-31(24-32(37)38)27-16-7-5-8-17-27)13-11-14-26-15-12-20-29(22-21-26)35-33(39)34-28-18-9-6-10-19-28;1-2/h3-10,12,15-20,23,29,31,36H,2,11,13-14,21-22,24H2,1H3,(H,37,38)(H2,34,35,39);1-2H3/b25-3-,30-23+;. The van der Waals surface area contributed by atoms with E-state index in [0.717, 1.165) is 48.9 Å². The average Bonchev–Trinajstić information content (AvgIpc) is 3.24. The maximum absolute atomic E-state index is 13.1. The van der Waals surface area contributed by atoms with Gasteiger partial charge >= 0.3 is 12.0 Å². The van der Waals surface area contributed by atoms with Crippen molar-refractivity contribution < 1.29 is 18.9 Å². The van der Waals surface area contributed by atoms with Crippen molar-refractivity contribution in [2.75, 3.05) is 5.32 Å². The van der Waals surface area contributed by atoms with Crippen molar-refractivity contribution in [3.63, 3.8) is 0 Å². The van der Waals surface area contributed by atoms with E-state index in [4.69, 9.17) is 0 Å². The number of carbonyl (C=O) groups is 2. The number of allylic oxidation sites excluding steroid dienone is 7. The molecule has 3 unspecified atom stereocenters. The molecule has 0 aromatic heterocycles. The highest BCUT2D eigenvalue weighted by Gasteiger charge is 2.19. The van der Waals surface area contributed by atoms with E-state index in [-0.39, 0.29) is 18.5 Å². The van der Waals surface area contributed by atoms with E-state index in [2.05, 4.69) is 28.0 Å². The van der Waals surface area contributed by atoms with E-state index in [0.29, 0.717) is 4.91 Å². The maximum atomic E-state index is 13.1. The summed E-state index contributed by atoms with van der Waals surface area (Å²) in [5, 5.41) is 15.2. The Morgan fingerprint density at radius 3 is 2.40 bits per heavy atom. The van der Waals surface area contributed by atoms with Gasteiger partial charge < -0.3 is 15.7 Å². The third-order valence-corrected chi connectivity index (χ3v) is 7.92. The van der Waals surface area contributed by atoms with Gasteiger partial charge in [0.05, 0.1) is 17.4 Å². The second-order valence-electron chi connectivity index (χ2n) is 9.74. The first-order chi connectivity index (χ1) is 20.9. The van der Waals surface area contributed by atoms with Crippen molar-refractivity contribution >= 4 is 28.7 Å². The van der Waals surface area contributed by atoms with E-state index in [1.54, 1.807) is 6.08 Å². The van der Waals surface area contributed by atoms with Gasteiger partial charge in [-0.25, -0.2) is 13.7 Å². The second-order valence-corrected chi connectivity index (χ2v) is 11.0. The van der Waals surface area contributed by atoms with Crippen LogP contribution < -0.4 is 15.4 Å². The van der Waals surface area contributed by atoms with Crippen LogP contribution in [-0.2, 0) is 15.8 Å². The highest BCUT2D eigenvalue weighted by atomic mass is 32.2. The molecule has 7 nitrogen and oxygen atoms in total. The Bertz CT molecular complexity index is 1320. The van der Waals surface area contributed by atoms with Gasteiger partial charge in [-0.15, -0.1) is 0 Å². The summed E-state index contributed by atoms with van der Waals surface area (Å²) in [5.74, 6) is -0.971. The Morgan fingerprint density at radius 2 is 1.77 bits per heavy atom. The monoisotopic (exact) mass is 603 g/mol. The number of carbonyl (C=O) groups excluding carboxylic acids is 1. The molecule has 0 heterocycles. The number of urea groups is 1. The molecule has 0 saturated heterocycles. The molecule has 0 fully saturated rings. The number of amides is 2. The summed E-state index contributed by atoms with van der Waals surface area (Å²) in [6.45, 7) is 9.78. The molecule has 2 aromatic rings. The molecule has 3 atom stereocenters. The number of carboxylic acids is 1. The zero-order valence-electron chi connectivity index (χ0n) is 25.4. The van der Waals surface area contributed by atoms with Crippen molar-refractivity contribution in [2.45, 2.75) is 71.4 Å². The quantitative estimate of drug-likeness (QED) is 0.164. The molecule has 2 aromatic carbocycles. The fourth-order valence-electron chi connectivity index (χ4n) is 4.51. The molecular weight excluding hydrogens is 558 g/mol. The Labute approximate surface area is 259 Å². The smallest absolute Gasteiger partial charge is 0.319 e. The summed E-state index contributed by atoms with van der Waals surface area (Å²) in [4.78, 5) is 24.3. The fourth-order valence-corrected chi connectivity index (χ4v) is 5.53. The lowest BCUT2D eigenvalue weighted by molar-refractivity contribution is -0.137. The van der Waals surface area contributed by atoms with Crippen LogP contribution in [0.2, 0.25) is 0 Å². The van der Waals surface area contributed by atoms with Gasteiger partial charge in [-0.1, -0.05) is 110 Å². The summed E-state index contributed by atoms with van der Waals surface area (Å²) in [6, 6.07) is 17.7. The van der Waals surface area contributed by atoms with Crippen LogP contribution in [0.25, 0.3) is 0 Å². The van der Waals surface area contributed by atoms with Gasteiger partial charge in [0.15, 0.2) is 0 Å². The molecule has 0 saturated carbocycles. The lowest BCUT2D eigenvalue weighted by Gasteiger charge is -2.17. The Balaban J connectivity index is 0.00000316. The van der Waals surface area contributed by atoms with E-state index in [1.807, 2.05) is 106 Å².